The fraction of sp³-hybridized carbons (Fsp3) is 1.00. The summed E-state index contributed by atoms with van der Waals surface area (Å²) in [6.07, 6.45) is 9.12. The third-order valence-corrected chi connectivity index (χ3v) is 4.25. The van der Waals surface area contributed by atoms with E-state index < -0.39 is 0 Å². The fourth-order valence-electron chi connectivity index (χ4n) is 3.22. The standard InChI is InChI=1S/C11H20/c1-9-4-3-6-11(8-9)7-5-10(11)2/h9-10H,3-8H2,1-2H3. The first-order valence-corrected chi connectivity index (χ1v) is 5.23. The van der Waals surface area contributed by atoms with Crippen LogP contribution >= 0.6 is 0 Å². The molecule has 2 rings (SSSR count). The Hall–Kier alpha value is 0. The quantitative estimate of drug-likeness (QED) is 0.497. The molecule has 3 atom stereocenters. The summed E-state index contributed by atoms with van der Waals surface area (Å²) >= 11 is 0. The molecule has 2 aliphatic carbocycles. The molecule has 11 heavy (non-hydrogen) atoms. The third kappa shape index (κ3) is 1.11. The summed E-state index contributed by atoms with van der Waals surface area (Å²) in [6.45, 7) is 4.90. The van der Waals surface area contributed by atoms with Gasteiger partial charge in [0.2, 0.25) is 0 Å². The van der Waals surface area contributed by atoms with E-state index in [1.165, 1.54) is 25.7 Å². The van der Waals surface area contributed by atoms with Crippen LogP contribution in [0.15, 0.2) is 0 Å². The Labute approximate surface area is 70.4 Å². The molecule has 2 fully saturated rings. The van der Waals surface area contributed by atoms with Gasteiger partial charge >= 0.3 is 0 Å². The smallest absolute Gasteiger partial charge is 0.0269 e. The molecule has 0 aromatic rings. The minimum Gasteiger partial charge on any atom is -0.0625 e. The summed E-state index contributed by atoms with van der Waals surface area (Å²) in [6, 6.07) is 0. The molecule has 0 radical (unpaired) electrons. The van der Waals surface area contributed by atoms with Gasteiger partial charge in [0.1, 0.15) is 0 Å². The molecule has 0 aliphatic heterocycles. The van der Waals surface area contributed by atoms with E-state index in [1.54, 1.807) is 12.8 Å². The SMILES string of the molecule is CC1CCCC2(CCC2C)C1. The van der Waals surface area contributed by atoms with Gasteiger partial charge in [0, 0.05) is 0 Å². The average molecular weight is 152 g/mol. The van der Waals surface area contributed by atoms with Crippen molar-refractivity contribution in [3.05, 3.63) is 0 Å². The summed E-state index contributed by atoms with van der Waals surface area (Å²) in [5.74, 6) is 2.07. The molecule has 0 bridgehead atoms. The van der Waals surface area contributed by atoms with Crippen LogP contribution in [0, 0.1) is 17.3 Å². The molecule has 2 saturated carbocycles. The predicted octanol–water partition coefficient (Wildman–Crippen LogP) is 3.61. The van der Waals surface area contributed by atoms with E-state index in [0.717, 1.165) is 17.3 Å². The van der Waals surface area contributed by atoms with Crippen molar-refractivity contribution in [1.82, 2.24) is 0 Å². The average Bonchev–Trinajstić information content (AvgIpc) is 2.02. The minimum atomic E-state index is 0.831. The highest BCUT2D eigenvalue weighted by Crippen LogP contribution is 2.56. The van der Waals surface area contributed by atoms with E-state index >= 15 is 0 Å². The van der Waals surface area contributed by atoms with E-state index in [-0.39, 0.29) is 0 Å². The summed E-state index contributed by atoms with van der Waals surface area (Å²) in [4.78, 5) is 0. The lowest BCUT2D eigenvalue weighted by atomic mass is 9.53. The summed E-state index contributed by atoms with van der Waals surface area (Å²) in [5.41, 5.74) is 0.831. The molecule has 0 heterocycles. The van der Waals surface area contributed by atoms with Crippen molar-refractivity contribution in [2.45, 2.75) is 52.4 Å². The molecule has 0 heteroatoms. The molecule has 0 nitrogen and oxygen atoms in total. The first kappa shape index (κ1) is 7.64. The molecule has 0 aromatic heterocycles. The van der Waals surface area contributed by atoms with Crippen LogP contribution in [-0.2, 0) is 0 Å². The highest BCUT2D eigenvalue weighted by Gasteiger charge is 2.45. The van der Waals surface area contributed by atoms with Gasteiger partial charge in [0.05, 0.1) is 0 Å². The zero-order valence-electron chi connectivity index (χ0n) is 7.90. The van der Waals surface area contributed by atoms with Crippen LogP contribution in [0.5, 0.6) is 0 Å². The Balaban J connectivity index is 2.01. The maximum Gasteiger partial charge on any atom is -0.0269 e. The van der Waals surface area contributed by atoms with Gasteiger partial charge in [0.15, 0.2) is 0 Å². The number of hydrogen-bond donors (Lipinski definition) is 0. The van der Waals surface area contributed by atoms with Crippen molar-refractivity contribution < 1.29 is 0 Å². The Morgan fingerprint density at radius 2 is 1.91 bits per heavy atom. The zero-order chi connectivity index (χ0) is 7.90. The monoisotopic (exact) mass is 152 g/mol. The molecular formula is C11H20. The molecule has 3 unspecified atom stereocenters. The van der Waals surface area contributed by atoms with Crippen molar-refractivity contribution >= 4 is 0 Å². The molecule has 0 N–H and O–H groups in total. The van der Waals surface area contributed by atoms with Crippen LogP contribution in [0.1, 0.15) is 52.4 Å². The van der Waals surface area contributed by atoms with Crippen molar-refractivity contribution in [1.29, 1.82) is 0 Å². The predicted molar refractivity (Wildman–Crippen MR) is 48.5 cm³/mol. The molecular weight excluding hydrogens is 132 g/mol. The fourth-order valence-corrected chi connectivity index (χ4v) is 3.22. The van der Waals surface area contributed by atoms with Crippen molar-refractivity contribution in [3.8, 4) is 0 Å². The van der Waals surface area contributed by atoms with Gasteiger partial charge in [-0.1, -0.05) is 26.7 Å². The highest BCUT2D eigenvalue weighted by molar-refractivity contribution is 4.96. The molecule has 0 aromatic carbocycles. The first-order valence-electron chi connectivity index (χ1n) is 5.23. The Kier molecular flexibility index (Phi) is 1.74. The van der Waals surface area contributed by atoms with Crippen LogP contribution < -0.4 is 0 Å². The van der Waals surface area contributed by atoms with E-state index in [9.17, 15) is 0 Å². The van der Waals surface area contributed by atoms with Gasteiger partial charge in [-0.05, 0) is 42.9 Å². The lowest BCUT2D eigenvalue weighted by molar-refractivity contribution is -0.0155. The van der Waals surface area contributed by atoms with Crippen molar-refractivity contribution in [3.63, 3.8) is 0 Å². The van der Waals surface area contributed by atoms with Crippen LogP contribution in [0.3, 0.4) is 0 Å². The highest BCUT2D eigenvalue weighted by atomic mass is 14.5. The van der Waals surface area contributed by atoms with Crippen LogP contribution in [-0.4, -0.2) is 0 Å². The Bertz CT molecular complexity index is 150. The summed E-state index contributed by atoms with van der Waals surface area (Å²) in [5, 5.41) is 0. The maximum absolute atomic E-state index is 2.46. The Morgan fingerprint density at radius 1 is 1.09 bits per heavy atom. The van der Waals surface area contributed by atoms with E-state index in [4.69, 9.17) is 0 Å². The van der Waals surface area contributed by atoms with E-state index in [0.29, 0.717) is 0 Å². The van der Waals surface area contributed by atoms with Gasteiger partial charge in [-0.25, -0.2) is 0 Å². The van der Waals surface area contributed by atoms with E-state index in [2.05, 4.69) is 13.8 Å². The topological polar surface area (TPSA) is 0 Å². The van der Waals surface area contributed by atoms with Crippen LogP contribution in [0.25, 0.3) is 0 Å². The van der Waals surface area contributed by atoms with Gasteiger partial charge in [-0.15, -0.1) is 0 Å². The van der Waals surface area contributed by atoms with Gasteiger partial charge in [-0.3, -0.25) is 0 Å². The first-order chi connectivity index (χ1) is 5.23. The number of hydrogen-bond acceptors (Lipinski definition) is 0. The molecule has 0 amide bonds. The lowest BCUT2D eigenvalue weighted by Crippen LogP contribution is -2.41. The Morgan fingerprint density at radius 3 is 2.27 bits per heavy atom. The van der Waals surface area contributed by atoms with Crippen LogP contribution in [0.2, 0.25) is 0 Å². The second-order valence-electron chi connectivity index (χ2n) is 5.00. The largest absolute Gasteiger partial charge is 0.0625 e. The van der Waals surface area contributed by atoms with Crippen molar-refractivity contribution in [2.75, 3.05) is 0 Å². The summed E-state index contributed by atoms with van der Waals surface area (Å²) < 4.78 is 0. The molecule has 1 spiro atoms. The third-order valence-electron chi connectivity index (χ3n) is 4.25. The molecule has 2 aliphatic rings. The minimum absolute atomic E-state index is 0.831. The zero-order valence-corrected chi connectivity index (χ0v) is 7.90. The van der Waals surface area contributed by atoms with E-state index in [1.807, 2.05) is 0 Å². The summed E-state index contributed by atoms with van der Waals surface area (Å²) in [7, 11) is 0. The van der Waals surface area contributed by atoms with Gasteiger partial charge < -0.3 is 0 Å². The molecule has 0 saturated heterocycles. The maximum atomic E-state index is 2.46. The normalized spacial score (nSPS) is 50.7. The molecule has 64 valence electrons. The van der Waals surface area contributed by atoms with Gasteiger partial charge in [-0.2, -0.15) is 0 Å². The second-order valence-corrected chi connectivity index (χ2v) is 5.00. The number of rotatable bonds is 0. The van der Waals surface area contributed by atoms with Gasteiger partial charge in [0.25, 0.3) is 0 Å². The lowest BCUT2D eigenvalue weighted by Gasteiger charge is -2.52. The second kappa shape index (κ2) is 2.50. The van der Waals surface area contributed by atoms with Crippen LogP contribution in [0.4, 0.5) is 0 Å². The van der Waals surface area contributed by atoms with Crippen molar-refractivity contribution in [2.24, 2.45) is 17.3 Å².